The summed E-state index contributed by atoms with van der Waals surface area (Å²) in [5.41, 5.74) is 9.16. The number of aliphatic imine (C=N–C) groups is 1. The van der Waals surface area contributed by atoms with Crippen LogP contribution in [0.15, 0.2) is 28.4 Å². The Morgan fingerprint density at radius 1 is 1.36 bits per heavy atom. The van der Waals surface area contributed by atoms with Crippen LogP contribution >= 0.6 is 0 Å². The predicted octanol–water partition coefficient (Wildman–Crippen LogP) is -1.47. The smallest absolute Gasteiger partial charge is 0.292 e. The highest BCUT2D eigenvalue weighted by molar-refractivity contribution is 7.87. The van der Waals surface area contributed by atoms with Gasteiger partial charge in [0.15, 0.2) is 6.29 Å². The van der Waals surface area contributed by atoms with Gasteiger partial charge < -0.3 is 0 Å². The van der Waals surface area contributed by atoms with E-state index in [1.165, 1.54) is 10.4 Å². The van der Waals surface area contributed by atoms with Crippen molar-refractivity contribution in [2.45, 2.75) is 25.6 Å². The van der Waals surface area contributed by atoms with Crippen LogP contribution in [0.25, 0.3) is 0 Å². The lowest BCUT2D eigenvalue weighted by Gasteiger charge is -2.29. The van der Waals surface area contributed by atoms with E-state index in [0.29, 0.717) is 30.1 Å². The van der Waals surface area contributed by atoms with E-state index in [-0.39, 0.29) is 6.42 Å². The van der Waals surface area contributed by atoms with Crippen molar-refractivity contribution < 1.29 is 13.2 Å². The van der Waals surface area contributed by atoms with Crippen molar-refractivity contribution in [1.82, 2.24) is 14.0 Å². The third-order valence-electron chi connectivity index (χ3n) is 3.90. The molecule has 0 aromatic heterocycles. The number of hydrazine groups is 1. The summed E-state index contributed by atoms with van der Waals surface area (Å²) in [6.07, 6.45) is 4.12. The summed E-state index contributed by atoms with van der Waals surface area (Å²) in [5.74, 6) is 4.68. The first-order valence-electron chi connectivity index (χ1n) is 7.00. The molecule has 22 heavy (non-hydrogen) atoms. The largest absolute Gasteiger partial charge is 0.307 e. The Morgan fingerprint density at radius 2 is 2.05 bits per heavy atom. The molecule has 5 N–H and O–H groups in total. The summed E-state index contributed by atoms with van der Waals surface area (Å²) in [6.45, 7) is 0.982. The SMILES string of the molecule is NNC(=O)C1=CC2=NC(N)N(S(=O)(=O)N3CCCC3)C2=CC1. The number of nitrogens with one attached hydrogen (secondary N) is 1. The van der Waals surface area contributed by atoms with Gasteiger partial charge in [-0.25, -0.2) is 15.1 Å². The first-order chi connectivity index (χ1) is 10.4. The van der Waals surface area contributed by atoms with Crippen LogP contribution in [0.4, 0.5) is 0 Å². The number of carbonyl (C=O) groups excluding carboxylic acids is 1. The average Bonchev–Trinajstić information content (AvgIpc) is 3.12. The average molecular weight is 326 g/mol. The number of rotatable bonds is 3. The molecule has 2 heterocycles. The van der Waals surface area contributed by atoms with Crippen molar-refractivity contribution >= 4 is 21.8 Å². The summed E-state index contributed by atoms with van der Waals surface area (Å²) in [6, 6.07) is 0. The van der Waals surface area contributed by atoms with Crippen molar-refractivity contribution in [3.8, 4) is 0 Å². The second-order valence-corrected chi connectivity index (χ2v) is 7.08. The Kier molecular flexibility index (Phi) is 3.77. The molecule has 1 unspecified atom stereocenters. The van der Waals surface area contributed by atoms with Crippen LogP contribution in [-0.4, -0.2) is 48.0 Å². The van der Waals surface area contributed by atoms with Crippen LogP contribution in [0.3, 0.4) is 0 Å². The molecular weight excluding hydrogens is 308 g/mol. The van der Waals surface area contributed by atoms with Crippen molar-refractivity contribution in [2.24, 2.45) is 16.6 Å². The lowest BCUT2D eigenvalue weighted by molar-refractivity contribution is -0.117. The summed E-state index contributed by atoms with van der Waals surface area (Å²) < 4.78 is 28.0. The minimum absolute atomic E-state index is 0.274. The third kappa shape index (κ3) is 2.33. The van der Waals surface area contributed by atoms with Gasteiger partial charge in [0.05, 0.1) is 11.4 Å². The number of nitrogens with zero attached hydrogens (tertiary/aromatic N) is 3. The van der Waals surface area contributed by atoms with Crippen LogP contribution in [0.1, 0.15) is 19.3 Å². The Hall–Kier alpha value is -1.75. The van der Waals surface area contributed by atoms with Gasteiger partial charge in [-0.15, -0.1) is 0 Å². The topological polar surface area (TPSA) is 134 Å². The molecule has 0 spiro atoms. The fraction of sp³-hybridized carbons (Fsp3) is 0.500. The molecule has 3 aliphatic rings. The predicted molar refractivity (Wildman–Crippen MR) is 80.1 cm³/mol. The maximum atomic E-state index is 12.7. The third-order valence-corrected chi connectivity index (χ3v) is 5.83. The number of hydrogen-bond donors (Lipinski definition) is 3. The van der Waals surface area contributed by atoms with E-state index in [1.807, 2.05) is 5.43 Å². The van der Waals surface area contributed by atoms with Gasteiger partial charge in [-0.3, -0.25) is 16.0 Å². The summed E-state index contributed by atoms with van der Waals surface area (Å²) in [5, 5.41) is 0. The summed E-state index contributed by atoms with van der Waals surface area (Å²) in [7, 11) is -3.70. The number of allylic oxidation sites excluding steroid dienone is 2. The molecule has 0 aromatic rings. The molecule has 0 radical (unpaired) electrons. The molecule has 1 aliphatic carbocycles. The van der Waals surface area contributed by atoms with Gasteiger partial charge in [-0.2, -0.15) is 12.7 Å². The van der Waals surface area contributed by atoms with Gasteiger partial charge in [-0.05, 0) is 25.3 Å². The van der Waals surface area contributed by atoms with Gasteiger partial charge in [0, 0.05) is 18.7 Å². The van der Waals surface area contributed by atoms with E-state index < -0.39 is 22.4 Å². The molecule has 1 amide bonds. The van der Waals surface area contributed by atoms with Crippen molar-refractivity contribution in [1.29, 1.82) is 0 Å². The molecule has 9 nitrogen and oxygen atoms in total. The molecule has 1 fully saturated rings. The first-order valence-corrected chi connectivity index (χ1v) is 8.40. The quantitative estimate of drug-likeness (QED) is 0.331. The highest BCUT2D eigenvalue weighted by Crippen LogP contribution is 2.31. The molecular formula is C12H18N6O3S. The van der Waals surface area contributed by atoms with Crippen LogP contribution < -0.4 is 17.0 Å². The van der Waals surface area contributed by atoms with Crippen LogP contribution in [-0.2, 0) is 15.0 Å². The second kappa shape index (κ2) is 5.47. The lowest BCUT2D eigenvalue weighted by Crippen LogP contribution is -2.48. The van der Waals surface area contributed by atoms with Crippen molar-refractivity contribution in [2.75, 3.05) is 13.1 Å². The minimum atomic E-state index is -3.70. The van der Waals surface area contributed by atoms with Crippen molar-refractivity contribution in [3.05, 3.63) is 23.4 Å². The van der Waals surface area contributed by atoms with Crippen LogP contribution in [0.2, 0.25) is 0 Å². The number of amides is 1. The molecule has 0 saturated carbocycles. The number of carbonyl (C=O) groups is 1. The maximum Gasteiger partial charge on any atom is 0.307 e. The van der Waals surface area contributed by atoms with Crippen LogP contribution in [0.5, 0.6) is 0 Å². The molecule has 2 aliphatic heterocycles. The van der Waals surface area contributed by atoms with Crippen molar-refractivity contribution in [3.63, 3.8) is 0 Å². The summed E-state index contributed by atoms with van der Waals surface area (Å²) >= 11 is 0. The van der Waals surface area contributed by atoms with Gasteiger partial charge in [0.2, 0.25) is 0 Å². The fourth-order valence-corrected chi connectivity index (χ4v) is 4.51. The molecule has 1 atom stereocenters. The maximum absolute atomic E-state index is 12.7. The number of fused-ring (bicyclic) bond motifs is 1. The van der Waals surface area contributed by atoms with Gasteiger partial charge in [0.25, 0.3) is 5.91 Å². The molecule has 3 rings (SSSR count). The highest BCUT2D eigenvalue weighted by Gasteiger charge is 2.41. The van der Waals surface area contributed by atoms with E-state index in [2.05, 4.69) is 4.99 Å². The molecule has 0 aromatic carbocycles. The molecule has 120 valence electrons. The zero-order chi connectivity index (χ0) is 15.9. The van der Waals surface area contributed by atoms with E-state index in [1.54, 1.807) is 6.08 Å². The zero-order valence-electron chi connectivity index (χ0n) is 11.9. The van der Waals surface area contributed by atoms with E-state index >= 15 is 0 Å². The van der Waals surface area contributed by atoms with Gasteiger partial charge in [0.1, 0.15) is 0 Å². The van der Waals surface area contributed by atoms with E-state index in [4.69, 9.17) is 11.6 Å². The Morgan fingerprint density at radius 3 is 2.68 bits per heavy atom. The Labute approximate surface area is 128 Å². The highest BCUT2D eigenvalue weighted by atomic mass is 32.2. The van der Waals surface area contributed by atoms with Gasteiger partial charge >= 0.3 is 10.2 Å². The Balaban J connectivity index is 1.90. The standard InChI is InChI=1S/C12H18N6O3S/c13-12-15-9-7-8(11(19)16-14)3-4-10(9)18(12)22(20,21)17-5-1-2-6-17/h4,7,12H,1-3,5-6,13-14H2,(H,16,19). The monoisotopic (exact) mass is 326 g/mol. The first kappa shape index (κ1) is 15.2. The number of hydrogen-bond acceptors (Lipinski definition) is 6. The normalized spacial score (nSPS) is 25.5. The van der Waals surface area contributed by atoms with E-state index in [0.717, 1.165) is 17.1 Å². The minimum Gasteiger partial charge on any atom is -0.292 e. The Bertz CT molecular complexity index is 690. The van der Waals surface area contributed by atoms with E-state index in [9.17, 15) is 13.2 Å². The molecule has 1 saturated heterocycles. The van der Waals surface area contributed by atoms with Gasteiger partial charge in [-0.1, -0.05) is 6.08 Å². The second-order valence-electron chi connectivity index (χ2n) is 5.27. The van der Waals surface area contributed by atoms with Crippen LogP contribution in [0, 0.1) is 0 Å². The molecule has 10 heteroatoms. The molecule has 0 bridgehead atoms. The zero-order valence-corrected chi connectivity index (χ0v) is 12.7. The number of nitrogens with two attached hydrogens (primary N) is 2. The summed E-state index contributed by atoms with van der Waals surface area (Å²) in [4.78, 5) is 15.7. The fourth-order valence-electron chi connectivity index (χ4n) is 2.81. The lowest BCUT2D eigenvalue weighted by atomic mass is 10.0.